The van der Waals surface area contributed by atoms with Crippen molar-refractivity contribution in [1.82, 2.24) is 5.16 Å². The van der Waals surface area contributed by atoms with Gasteiger partial charge in [-0.2, -0.15) is 0 Å². The lowest BCUT2D eigenvalue weighted by atomic mass is 9.96. The zero-order valence-electron chi connectivity index (χ0n) is 11.4. The summed E-state index contributed by atoms with van der Waals surface area (Å²) in [6.07, 6.45) is 4.67. The van der Waals surface area contributed by atoms with Crippen molar-refractivity contribution in [3.8, 4) is 16.9 Å². The Labute approximate surface area is 122 Å². The molecule has 1 fully saturated rings. The predicted molar refractivity (Wildman–Crippen MR) is 79.1 cm³/mol. The van der Waals surface area contributed by atoms with Crippen molar-refractivity contribution < 1.29 is 9.26 Å². The van der Waals surface area contributed by atoms with Gasteiger partial charge in [0.1, 0.15) is 11.5 Å². The van der Waals surface area contributed by atoms with Crippen LogP contribution in [0.25, 0.3) is 11.1 Å². The number of nitrogens with two attached hydrogens (primary N) is 1. The van der Waals surface area contributed by atoms with Crippen molar-refractivity contribution in [2.45, 2.75) is 31.6 Å². The molecule has 0 atom stereocenters. The Morgan fingerprint density at radius 1 is 1.35 bits per heavy atom. The normalized spacial score (nSPS) is 15.7. The average Bonchev–Trinajstić information content (AvgIpc) is 3.07. The molecule has 1 aromatic heterocycles. The fourth-order valence-electron chi connectivity index (χ4n) is 2.93. The maximum Gasteiger partial charge on any atom is 0.175 e. The lowest BCUT2D eigenvalue weighted by molar-refractivity contribution is 0.363. The molecule has 1 aliphatic carbocycles. The van der Waals surface area contributed by atoms with E-state index in [9.17, 15) is 0 Å². The molecule has 1 aromatic carbocycles. The van der Waals surface area contributed by atoms with Crippen molar-refractivity contribution in [3.05, 3.63) is 29.0 Å². The number of hydrogen-bond acceptors (Lipinski definition) is 4. The minimum Gasteiger partial charge on any atom is -0.496 e. The predicted octanol–water partition coefficient (Wildman–Crippen LogP) is 4.24. The van der Waals surface area contributed by atoms with Gasteiger partial charge in [0.05, 0.1) is 12.7 Å². The zero-order chi connectivity index (χ0) is 14.1. The number of nitrogens with zero attached hydrogens (tertiary/aromatic N) is 1. The topological polar surface area (TPSA) is 61.3 Å². The Kier molecular flexibility index (Phi) is 3.57. The summed E-state index contributed by atoms with van der Waals surface area (Å²) in [4.78, 5) is 0. The number of halogens is 1. The third kappa shape index (κ3) is 2.24. The van der Waals surface area contributed by atoms with Gasteiger partial charge in [-0.05, 0) is 31.0 Å². The van der Waals surface area contributed by atoms with E-state index in [1.54, 1.807) is 13.2 Å². The first-order valence-corrected chi connectivity index (χ1v) is 7.17. The van der Waals surface area contributed by atoms with Crippen LogP contribution in [0.1, 0.15) is 37.4 Å². The standard InChI is InChI=1S/C15H17ClN2O2/c1-19-12-7-6-10(16)8-11(12)13-14(20-18-15(13)17)9-4-2-3-5-9/h6-9H,2-5H2,1H3,(H2,17,18). The van der Waals surface area contributed by atoms with Gasteiger partial charge < -0.3 is 15.0 Å². The highest BCUT2D eigenvalue weighted by Gasteiger charge is 2.28. The summed E-state index contributed by atoms with van der Waals surface area (Å²) in [5, 5.41) is 4.58. The number of anilines is 1. The Balaban J connectivity index is 2.14. The summed E-state index contributed by atoms with van der Waals surface area (Å²) in [7, 11) is 1.63. The fourth-order valence-corrected chi connectivity index (χ4v) is 3.10. The number of benzene rings is 1. The van der Waals surface area contributed by atoms with E-state index in [4.69, 9.17) is 26.6 Å². The van der Waals surface area contributed by atoms with Gasteiger partial charge >= 0.3 is 0 Å². The van der Waals surface area contributed by atoms with Crippen LogP contribution in [0, 0.1) is 0 Å². The summed E-state index contributed by atoms with van der Waals surface area (Å²) in [5.74, 6) is 2.37. The van der Waals surface area contributed by atoms with Crippen LogP contribution < -0.4 is 10.5 Å². The van der Waals surface area contributed by atoms with Crippen molar-refractivity contribution in [2.24, 2.45) is 0 Å². The van der Waals surface area contributed by atoms with Crippen molar-refractivity contribution >= 4 is 17.4 Å². The highest BCUT2D eigenvalue weighted by atomic mass is 35.5. The molecular formula is C15H17ClN2O2. The molecule has 0 bridgehead atoms. The van der Waals surface area contributed by atoms with Gasteiger partial charge in [0, 0.05) is 16.5 Å². The molecule has 0 radical (unpaired) electrons. The molecule has 0 saturated heterocycles. The Morgan fingerprint density at radius 2 is 2.10 bits per heavy atom. The zero-order valence-corrected chi connectivity index (χ0v) is 12.1. The van der Waals surface area contributed by atoms with Crippen LogP contribution in [0.2, 0.25) is 5.02 Å². The van der Waals surface area contributed by atoms with E-state index in [2.05, 4.69) is 5.16 Å². The molecule has 0 amide bonds. The monoisotopic (exact) mass is 292 g/mol. The van der Waals surface area contributed by atoms with Crippen LogP contribution in [0.3, 0.4) is 0 Å². The van der Waals surface area contributed by atoms with Gasteiger partial charge in [0.25, 0.3) is 0 Å². The highest BCUT2D eigenvalue weighted by molar-refractivity contribution is 6.31. The molecule has 1 heterocycles. The largest absolute Gasteiger partial charge is 0.496 e. The van der Waals surface area contributed by atoms with E-state index in [-0.39, 0.29) is 0 Å². The third-order valence-corrected chi connectivity index (χ3v) is 4.14. The first kappa shape index (κ1) is 13.3. The second kappa shape index (κ2) is 5.37. The number of ether oxygens (including phenoxy) is 1. The molecule has 3 rings (SSSR count). The van der Waals surface area contributed by atoms with Crippen molar-refractivity contribution in [2.75, 3.05) is 12.8 Å². The summed E-state index contributed by atoms with van der Waals surface area (Å²) in [6, 6.07) is 5.48. The maximum atomic E-state index is 6.11. The van der Waals surface area contributed by atoms with E-state index in [0.29, 0.717) is 16.8 Å². The lowest BCUT2D eigenvalue weighted by Gasteiger charge is -2.11. The second-order valence-corrected chi connectivity index (χ2v) is 5.57. The highest BCUT2D eigenvalue weighted by Crippen LogP contribution is 2.44. The Bertz CT molecular complexity index is 618. The molecule has 4 nitrogen and oxygen atoms in total. The molecule has 0 unspecified atom stereocenters. The summed E-state index contributed by atoms with van der Waals surface area (Å²) >= 11 is 6.11. The van der Waals surface area contributed by atoms with E-state index in [1.165, 1.54) is 12.8 Å². The molecule has 1 aliphatic rings. The van der Waals surface area contributed by atoms with Crippen LogP contribution in [0.4, 0.5) is 5.82 Å². The first-order valence-electron chi connectivity index (χ1n) is 6.79. The van der Waals surface area contributed by atoms with Crippen molar-refractivity contribution in [1.29, 1.82) is 0 Å². The first-order chi connectivity index (χ1) is 9.70. The lowest BCUT2D eigenvalue weighted by Crippen LogP contribution is -1.97. The minimum absolute atomic E-state index is 0.387. The van der Waals surface area contributed by atoms with E-state index < -0.39 is 0 Å². The molecule has 1 saturated carbocycles. The van der Waals surface area contributed by atoms with Crippen LogP contribution in [0.15, 0.2) is 22.7 Å². The van der Waals surface area contributed by atoms with Gasteiger partial charge in [-0.1, -0.05) is 29.6 Å². The van der Waals surface area contributed by atoms with E-state index in [0.717, 1.165) is 35.5 Å². The fraction of sp³-hybridized carbons (Fsp3) is 0.400. The van der Waals surface area contributed by atoms with Gasteiger partial charge in [0.2, 0.25) is 0 Å². The Hall–Kier alpha value is -1.68. The van der Waals surface area contributed by atoms with E-state index in [1.807, 2.05) is 12.1 Å². The number of methoxy groups -OCH3 is 1. The molecule has 2 N–H and O–H groups in total. The van der Waals surface area contributed by atoms with E-state index >= 15 is 0 Å². The molecule has 2 aromatic rings. The van der Waals surface area contributed by atoms with Crippen LogP contribution in [0.5, 0.6) is 5.75 Å². The number of aromatic nitrogens is 1. The van der Waals surface area contributed by atoms with Gasteiger partial charge in [0.15, 0.2) is 5.82 Å². The average molecular weight is 293 g/mol. The third-order valence-electron chi connectivity index (χ3n) is 3.90. The molecule has 20 heavy (non-hydrogen) atoms. The summed E-state index contributed by atoms with van der Waals surface area (Å²) < 4.78 is 10.9. The minimum atomic E-state index is 0.387. The molecule has 5 heteroatoms. The number of nitrogen functional groups attached to an aromatic ring is 1. The number of hydrogen-bond donors (Lipinski definition) is 1. The quantitative estimate of drug-likeness (QED) is 0.919. The van der Waals surface area contributed by atoms with Crippen molar-refractivity contribution in [3.63, 3.8) is 0 Å². The van der Waals surface area contributed by atoms with Crippen LogP contribution >= 0.6 is 11.6 Å². The number of rotatable bonds is 3. The summed E-state index contributed by atoms with van der Waals surface area (Å²) in [5.41, 5.74) is 7.69. The van der Waals surface area contributed by atoms with Crippen LogP contribution in [-0.4, -0.2) is 12.3 Å². The van der Waals surface area contributed by atoms with Crippen LogP contribution in [-0.2, 0) is 0 Å². The van der Waals surface area contributed by atoms with Gasteiger partial charge in [-0.15, -0.1) is 0 Å². The molecular weight excluding hydrogens is 276 g/mol. The molecule has 106 valence electrons. The second-order valence-electron chi connectivity index (χ2n) is 5.13. The van der Waals surface area contributed by atoms with Gasteiger partial charge in [-0.25, -0.2) is 0 Å². The summed E-state index contributed by atoms with van der Waals surface area (Å²) in [6.45, 7) is 0. The Morgan fingerprint density at radius 3 is 2.80 bits per heavy atom. The van der Waals surface area contributed by atoms with Gasteiger partial charge in [-0.3, -0.25) is 0 Å². The maximum absolute atomic E-state index is 6.11. The SMILES string of the molecule is COc1ccc(Cl)cc1-c1c(N)noc1C1CCCC1. The molecule has 0 spiro atoms. The molecule has 0 aliphatic heterocycles. The smallest absolute Gasteiger partial charge is 0.175 e.